The highest BCUT2D eigenvalue weighted by atomic mass is 16.5. The zero-order valence-corrected chi connectivity index (χ0v) is 15.5. The molecule has 2 saturated heterocycles. The summed E-state index contributed by atoms with van der Waals surface area (Å²) in [6.45, 7) is 8.16. The van der Waals surface area contributed by atoms with E-state index in [4.69, 9.17) is 9.47 Å². The summed E-state index contributed by atoms with van der Waals surface area (Å²) in [5.41, 5.74) is 0.322. The Kier molecular flexibility index (Phi) is 5.41. The first-order chi connectivity index (χ1) is 12.3. The first-order valence-corrected chi connectivity index (χ1v) is 9.80. The average Bonchev–Trinajstić information content (AvgIpc) is 3.15. The van der Waals surface area contributed by atoms with Crippen LogP contribution in [0, 0.1) is 11.3 Å². The highest BCUT2D eigenvalue weighted by Crippen LogP contribution is 2.47. The average molecular weight is 348 g/mol. The summed E-state index contributed by atoms with van der Waals surface area (Å²) in [5.74, 6) is 1.86. The maximum atomic E-state index is 5.72. The largest absolute Gasteiger partial charge is 0.384 e. The van der Waals surface area contributed by atoms with Crippen molar-refractivity contribution in [1.29, 1.82) is 0 Å². The molecule has 0 radical (unpaired) electrons. The highest BCUT2D eigenvalue weighted by Gasteiger charge is 2.47. The van der Waals surface area contributed by atoms with Gasteiger partial charge in [0.15, 0.2) is 0 Å². The minimum atomic E-state index is 0.322. The van der Waals surface area contributed by atoms with Crippen LogP contribution in [0.5, 0.6) is 0 Å². The normalized spacial score (nSPS) is 34.8. The summed E-state index contributed by atoms with van der Waals surface area (Å²) in [6, 6.07) is 0.746. The summed E-state index contributed by atoms with van der Waals surface area (Å²) in [5, 5.41) is 0. The van der Waals surface area contributed by atoms with Crippen LogP contribution in [0.2, 0.25) is 0 Å². The molecule has 3 fully saturated rings. The quantitative estimate of drug-likeness (QED) is 0.879. The lowest BCUT2D eigenvalue weighted by atomic mass is 9.62. The Labute approximate surface area is 150 Å². The number of morpholine rings is 1. The van der Waals surface area contributed by atoms with Crippen molar-refractivity contribution in [2.75, 3.05) is 53.1 Å². The number of aromatic nitrogens is 2. The standard InChI is InChI=1S/C19H32N4O2/c1-24-15-19-4-2-17(23-8-10-25-11-9-23)12-16(19)3-7-22(14-19)13-18-20-5-6-21-18/h5-6,16-17H,2-4,7-15H2,1H3,(H,20,21)/t16-,17-,19+/m1/s1. The summed E-state index contributed by atoms with van der Waals surface area (Å²) in [6.07, 6.45) is 8.96. The van der Waals surface area contributed by atoms with Crippen LogP contribution in [-0.4, -0.2) is 78.9 Å². The van der Waals surface area contributed by atoms with Crippen molar-refractivity contribution in [3.8, 4) is 0 Å². The minimum Gasteiger partial charge on any atom is -0.384 e. The van der Waals surface area contributed by atoms with Crippen LogP contribution in [0.25, 0.3) is 0 Å². The molecule has 3 heterocycles. The number of hydrogen-bond acceptors (Lipinski definition) is 5. The number of H-pyrrole nitrogens is 1. The van der Waals surface area contributed by atoms with Gasteiger partial charge in [0, 0.05) is 50.6 Å². The minimum absolute atomic E-state index is 0.322. The zero-order chi connectivity index (χ0) is 17.1. The molecule has 4 rings (SSSR count). The number of piperidine rings is 1. The van der Waals surface area contributed by atoms with E-state index in [1.807, 2.05) is 19.5 Å². The zero-order valence-electron chi connectivity index (χ0n) is 15.5. The number of rotatable bonds is 5. The van der Waals surface area contributed by atoms with E-state index in [9.17, 15) is 0 Å². The lowest BCUT2D eigenvalue weighted by Gasteiger charge is -2.54. The van der Waals surface area contributed by atoms with E-state index in [-0.39, 0.29) is 0 Å². The molecule has 1 aromatic heterocycles. The molecule has 1 aromatic rings. The molecule has 0 bridgehead atoms. The molecule has 25 heavy (non-hydrogen) atoms. The second-order valence-corrected chi connectivity index (χ2v) is 8.10. The first kappa shape index (κ1) is 17.5. The Morgan fingerprint density at radius 1 is 1.32 bits per heavy atom. The number of imidazole rings is 1. The molecular formula is C19H32N4O2. The molecule has 6 heteroatoms. The molecule has 0 spiro atoms. The van der Waals surface area contributed by atoms with Crippen LogP contribution in [0.4, 0.5) is 0 Å². The molecule has 1 aliphatic carbocycles. The predicted octanol–water partition coefficient (Wildman–Crippen LogP) is 1.75. The lowest BCUT2D eigenvalue weighted by molar-refractivity contribution is -0.0874. The molecule has 0 aromatic carbocycles. The predicted molar refractivity (Wildman–Crippen MR) is 96.3 cm³/mol. The van der Waals surface area contributed by atoms with Crippen molar-refractivity contribution in [3.63, 3.8) is 0 Å². The SMILES string of the molecule is COC[C@@]12CC[C@@H](N3CCOCC3)C[C@H]1CCN(Cc1ncc[nH]1)C2. The number of likely N-dealkylation sites (tertiary alicyclic amines) is 1. The fourth-order valence-electron chi connectivity index (χ4n) is 5.38. The molecule has 0 unspecified atom stereocenters. The Bertz CT molecular complexity index is 532. The van der Waals surface area contributed by atoms with Gasteiger partial charge < -0.3 is 14.5 Å². The summed E-state index contributed by atoms with van der Waals surface area (Å²) in [7, 11) is 1.87. The van der Waals surface area contributed by atoms with Gasteiger partial charge in [-0.05, 0) is 38.1 Å². The van der Waals surface area contributed by atoms with Gasteiger partial charge in [-0.2, -0.15) is 0 Å². The molecule has 1 N–H and O–H groups in total. The van der Waals surface area contributed by atoms with E-state index in [0.29, 0.717) is 5.41 Å². The van der Waals surface area contributed by atoms with Gasteiger partial charge in [-0.1, -0.05) is 0 Å². The molecular weight excluding hydrogens is 316 g/mol. The van der Waals surface area contributed by atoms with Crippen LogP contribution in [0.1, 0.15) is 31.5 Å². The third-order valence-electron chi connectivity index (χ3n) is 6.65. The van der Waals surface area contributed by atoms with Crippen LogP contribution in [0.3, 0.4) is 0 Å². The molecule has 6 nitrogen and oxygen atoms in total. The van der Waals surface area contributed by atoms with Crippen LogP contribution < -0.4 is 0 Å². The molecule has 2 aliphatic heterocycles. The van der Waals surface area contributed by atoms with E-state index >= 15 is 0 Å². The Morgan fingerprint density at radius 3 is 2.96 bits per heavy atom. The first-order valence-electron chi connectivity index (χ1n) is 9.80. The van der Waals surface area contributed by atoms with E-state index in [0.717, 1.165) is 63.8 Å². The van der Waals surface area contributed by atoms with Crippen molar-refractivity contribution < 1.29 is 9.47 Å². The van der Waals surface area contributed by atoms with Crippen LogP contribution in [0.15, 0.2) is 12.4 Å². The van der Waals surface area contributed by atoms with Crippen LogP contribution in [-0.2, 0) is 16.0 Å². The molecule has 3 aliphatic rings. The van der Waals surface area contributed by atoms with E-state index in [1.54, 1.807) is 0 Å². The second-order valence-electron chi connectivity index (χ2n) is 8.10. The highest BCUT2D eigenvalue weighted by molar-refractivity contribution is 5.01. The van der Waals surface area contributed by atoms with Crippen LogP contribution >= 0.6 is 0 Å². The van der Waals surface area contributed by atoms with E-state index < -0.39 is 0 Å². The number of fused-ring (bicyclic) bond motifs is 1. The number of hydrogen-bond donors (Lipinski definition) is 1. The maximum absolute atomic E-state index is 5.72. The third kappa shape index (κ3) is 3.77. The Balaban J connectivity index is 1.42. The van der Waals surface area contributed by atoms with E-state index in [1.165, 1.54) is 32.2 Å². The smallest absolute Gasteiger partial charge is 0.120 e. The maximum Gasteiger partial charge on any atom is 0.120 e. The van der Waals surface area contributed by atoms with E-state index in [2.05, 4.69) is 19.8 Å². The van der Waals surface area contributed by atoms with Gasteiger partial charge in [-0.15, -0.1) is 0 Å². The molecule has 1 saturated carbocycles. The topological polar surface area (TPSA) is 53.6 Å². The summed E-state index contributed by atoms with van der Waals surface area (Å²) < 4.78 is 11.3. The molecule has 140 valence electrons. The van der Waals surface area contributed by atoms with Gasteiger partial charge in [0.25, 0.3) is 0 Å². The monoisotopic (exact) mass is 348 g/mol. The number of ether oxygens (including phenoxy) is 2. The van der Waals surface area contributed by atoms with Crippen molar-refractivity contribution in [3.05, 3.63) is 18.2 Å². The number of nitrogens with one attached hydrogen (secondary N) is 1. The van der Waals surface area contributed by atoms with Gasteiger partial charge in [0.2, 0.25) is 0 Å². The number of nitrogens with zero attached hydrogens (tertiary/aromatic N) is 3. The Morgan fingerprint density at radius 2 is 2.20 bits per heavy atom. The number of methoxy groups -OCH3 is 1. The summed E-state index contributed by atoms with van der Waals surface area (Å²) in [4.78, 5) is 12.9. The van der Waals surface area contributed by atoms with Gasteiger partial charge in [-0.3, -0.25) is 9.80 Å². The van der Waals surface area contributed by atoms with Gasteiger partial charge in [0.1, 0.15) is 5.82 Å². The van der Waals surface area contributed by atoms with Crippen molar-refractivity contribution in [1.82, 2.24) is 19.8 Å². The molecule has 0 amide bonds. The number of aromatic amines is 1. The van der Waals surface area contributed by atoms with Crippen molar-refractivity contribution in [2.24, 2.45) is 11.3 Å². The lowest BCUT2D eigenvalue weighted by Crippen LogP contribution is -2.56. The molecule has 3 atom stereocenters. The fourth-order valence-corrected chi connectivity index (χ4v) is 5.38. The van der Waals surface area contributed by atoms with Crippen molar-refractivity contribution >= 4 is 0 Å². The summed E-state index contributed by atoms with van der Waals surface area (Å²) >= 11 is 0. The second kappa shape index (κ2) is 7.74. The van der Waals surface area contributed by atoms with Gasteiger partial charge in [-0.25, -0.2) is 4.98 Å². The Hall–Kier alpha value is -0.950. The van der Waals surface area contributed by atoms with Crippen molar-refractivity contribution in [2.45, 2.75) is 38.3 Å². The fraction of sp³-hybridized carbons (Fsp3) is 0.842. The van der Waals surface area contributed by atoms with Gasteiger partial charge >= 0.3 is 0 Å². The third-order valence-corrected chi connectivity index (χ3v) is 6.65. The van der Waals surface area contributed by atoms with Gasteiger partial charge in [0.05, 0.1) is 26.4 Å².